The Kier molecular flexibility index (Phi) is 6.69. The molecule has 1 rings (SSSR count). The molecule has 0 saturated carbocycles. The van der Waals surface area contributed by atoms with Crippen LogP contribution in [0.25, 0.3) is 0 Å². The highest BCUT2D eigenvalue weighted by molar-refractivity contribution is 7.99. The van der Waals surface area contributed by atoms with E-state index in [1.54, 1.807) is 4.57 Å². The summed E-state index contributed by atoms with van der Waals surface area (Å²) >= 11 is 1.07. The Labute approximate surface area is 116 Å². The van der Waals surface area contributed by atoms with Crippen LogP contribution in [0, 0.1) is 5.92 Å². The van der Waals surface area contributed by atoms with E-state index in [-0.39, 0.29) is 11.4 Å². The van der Waals surface area contributed by atoms with E-state index in [4.69, 9.17) is 5.11 Å². The Balaban J connectivity index is 2.72. The van der Waals surface area contributed by atoms with Gasteiger partial charge in [0, 0.05) is 6.54 Å². The zero-order chi connectivity index (χ0) is 14.3. The van der Waals surface area contributed by atoms with E-state index in [9.17, 15) is 9.59 Å². The van der Waals surface area contributed by atoms with Crippen LogP contribution in [0.1, 0.15) is 39.5 Å². The molecule has 0 aromatic carbocycles. The van der Waals surface area contributed by atoms with Gasteiger partial charge in [-0.15, -0.1) is 5.10 Å². The van der Waals surface area contributed by atoms with Crippen molar-refractivity contribution in [2.24, 2.45) is 5.92 Å². The van der Waals surface area contributed by atoms with Crippen molar-refractivity contribution in [1.29, 1.82) is 0 Å². The molecule has 6 nitrogen and oxygen atoms in total. The molecule has 1 heterocycles. The normalized spacial score (nSPS) is 12.5. The third kappa shape index (κ3) is 5.10. The second-order valence-corrected chi connectivity index (χ2v) is 5.46. The lowest BCUT2D eigenvalue weighted by Gasteiger charge is -2.15. The number of thioether (sulfide) groups is 1. The van der Waals surface area contributed by atoms with Gasteiger partial charge in [-0.2, -0.15) is 0 Å². The monoisotopic (exact) mass is 287 g/mol. The number of rotatable bonds is 9. The van der Waals surface area contributed by atoms with Gasteiger partial charge in [0.15, 0.2) is 5.16 Å². The molecule has 0 saturated heterocycles. The Bertz CT molecular complexity index is 455. The van der Waals surface area contributed by atoms with E-state index < -0.39 is 5.97 Å². The summed E-state index contributed by atoms with van der Waals surface area (Å²) in [6.07, 6.45) is 4.36. The predicted octanol–water partition coefficient (Wildman–Crippen LogP) is 1.96. The maximum absolute atomic E-state index is 11.7. The van der Waals surface area contributed by atoms with Gasteiger partial charge in [0.25, 0.3) is 0 Å². The predicted molar refractivity (Wildman–Crippen MR) is 74.5 cm³/mol. The molecule has 1 unspecified atom stereocenters. The number of aromatic nitrogens is 3. The van der Waals surface area contributed by atoms with Crippen LogP contribution in [0.3, 0.4) is 0 Å². The summed E-state index contributed by atoms with van der Waals surface area (Å²) in [5.41, 5.74) is -0.261. The number of carboxylic acids is 1. The van der Waals surface area contributed by atoms with Crippen LogP contribution in [0.5, 0.6) is 0 Å². The van der Waals surface area contributed by atoms with Gasteiger partial charge in [-0.25, -0.2) is 9.89 Å². The summed E-state index contributed by atoms with van der Waals surface area (Å²) in [6, 6.07) is 0. The summed E-state index contributed by atoms with van der Waals surface area (Å²) in [7, 11) is 0. The van der Waals surface area contributed by atoms with Crippen molar-refractivity contribution in [1.82, 2.24) is 14.8 Å². The van der Waals surface area contributed by atoms with Crippen LogP contribution >= 0.6 is 11.8 Å². The summed E-state index contributed by atoms with van der Waals surface area (Å²) in [5.74, 6) is -0.569. The van der Waals surface area contributed by atoms with Gasteiger partial charge in [0.2, 0.25) is 0 Å². The van der Waals surface area contributed by atoms with Gasteiger partial charge in [0.05, 0.1) is 5.75 Å². The van der Waals surface area contributed by atoms with Gasteiger partial charge >= 0.3 is 11.7 Å². The van der Waals surface area contributed by atoms with Crippen LogP contribution in [0.4, 0.5) is 0 Å². The molecule has 108 valence electrons. The molecule has 1 aromatic heterocycles. The molecule has 0 aliphatic heterocycles. The quantitative estimate of drug-likeness (QED) is 0.678. The summed E-state index contributed by atoms with van der Waals surface area (Å²) in [5, 5.41) is 15.4. The minimum atomic E-state index is -0.912. The first-order valence-electron chi connectivity index (χ1n) is 6.58. The molecular weight excluding hydrogens is 266 g/mol. The second-order valence-electron chi connectivity index (χ2n) is 4.52. The number of hydrogen-bond donors (Lipinski definition) is 2. The lowest BCUT2D eigenvalue weighted by Crippen LogP contribution is -2.22. The zero-order valence-corrected chi connectivity index (χ0v) is 12.2. The molecule has 0 radical (unpaired) electrons. The van der Waals surface area contributed by atoms with Crippen LogP contribution in [-0.2, 0) is 11.3 Å². The largest absolute Gasteiger partial charge is 0.481 e. The number of H-pyrrole nitrogens is 1. The molecule has 7 heteroatoms. The first-order chi connectivity index (χ1) is 9.08. The maximum Gasteiger partial charge on any atom is 0.343 e. The highest BCUT2D eigenvalue weighted by Gasteiger charge is 2.14. The fourth-order valence-electron chi connectivity index (χ4n) is 1.88. The Morgan fingerprint density at radius 1 is 1.53 bits per heavy atom. The van der Waals surface area contributed by atoms with Crippen molar-refractivity contribution < 1.29 is 9.90 Å². The van der Waals surface area contributed by atoms with Crippen LogP contribution in [0.2, 0.25) is 0 Å². The van der Waals surface area contributed by atoms with Crippen LogP contribution in [0.15, 0.2) is 9.95 Å². The summed E-state index contributed by atoms with van der Waals surface area (Å²) in [6.45, 7) is 4.86. The van der Waals surface area contributed by atoms with E-state index in [2.05, 4.69) is 24.0 Å². The second kappa shape index (κ2) is 8.04. The van der Waals surface area contributed by atoms with Gasteiger partial charge in [0.1, 0.15) is 0 Å². The van der Waals surface area contributed by atoms with Crippen molar-refractivity contribution in [3.63, 3.8) is 0 Å². The molecule has 1 aromatic rings. The number of aromatic amines is 1. The van der Waals surface area contributed by atoms with E-state index in [1.165, 1.54) is 0 Å². The SMILES string of the molecule is CCCCC(CC)Cn1c(SCC(=O)O)n[nH]c1=O. The number of nitrogens with zero attached hydrogens (tertiary/aromatic N) is 2. The average molecular weight is 287 g/mol. The number of aliphatic carboxylic acids is 1. The highest BCUT2D eigenvalue weighted by Crippen LogP contribution is 2.18. The minimum absolute atomic E-state index is 0.0873. The van der Waals surface area contributed by atoms with Crippen molar-refractivity contribution in [3.8, 4) is 0 Å². The average Bonchev–Trinajstić information content (AvgIpc) is 2.73. The standard InChI is InChI=1S/C12H21N3O3S/c1-3-5-6-9(4-2)7-15-11(18)13-14-12(15)19-8-10(16)17/h9H,3-8H2,1-2H3,(H,13,18)(H,16,17). The fourth-order valence-corrected chi connectivity index (χ4v) is 2.55. The first kappa shape index (κ1) is 15.8. The van der Waals surface area contributed by atoms with E-state index >= 15 is 0 Å². The molecule has 1 atom stereocenters. The number of unbranched alkanes of at least 4 members (excludes halogenated alkanes) is 1. The zero-order valence-electron chi connectivity index (χ0n) is 11.4. The summed E-state index contributed by atoms with van der Waals surface area (Å²) < 4.78 is 1.55. The molecule has 0 aliphatic carbocycles. The molecule has 19 heavy (non-hydrogen) atoms. The molecule has 0 spiro atoms. The number of carboxylic acid groups (broad SMARTS) is 1. The Morgan fingerprint density at radius 2 is 2.26 bits per heavy atom. The lowest BCUT2D eigenvalue weighted by molar-refractivity contribution is -0.133. The third-order valence-corrected chi connectivity index (χ3v) is 3.99. The summed E-state index contributed by atoms with van der Waals surface area (Å²) in [4.78, 5) is 22.3. The highest BCUT2D eigenvalue weighted by atomic mass is 32.2. The van der Waals surface area contributed by atoms with Crippen molar-refractivity contribution >= 4 is 17.7 Å². The topological polar surface area (TPSA) is 88.0 Å². The number of carbonyl (C=O) groups is 1. The number of hydrogen-bond acceptors (Lipinski definition) is 4. The van der Waals surface area contributed by atoms with E-state index in [1.807, 2.05) is 0 Å². The van der Waals surface area contributed by atoms with E-state index in [0.29, 0.717) is 17.6 Å². The maximum atomic E-state index is 11.7. The van der Waals surface area contributed by atoms with E-state index in [0.717, 1.165) is 37.4 Å². The van der Waals surface area contributed by atoms with Crippen molar-refractivity contribution in [3.05, 3.63) is 10.5 Å². The minimum Gasteiger partial charge on any atom is -0.481 e. The molecule has 0 amide bonds. The molecular formula is C12H21N3O3S. The Morgan fingerprint density at radius 3 is 2.84 bits per heavy atom. The van der Waals surface area contributed by atoms with Gasteiger partial charge in [-0.1, -0.05) is 44.9 Å². The van der Waals surface area contributed by atoms with Crippen LogP contribution < -0.4 is 5.69 Å². The molecule has 0 aliphatic rings. The van der Waals surface area contributed by atoms with Gasteiger partial charge < -0.3 is 5.11 Å². The Hall–Kier alpha value is -1.24. The smallest absolute Gasteiger partial charge is 0.343 e. The first-order valence-corrected chi connectivity index (χ1v) is 7.56. The third-order valence-electron chi connectivity index (χ3n) is 3.03. The molecule has 0 fully saturated rings. The molecule has 2 N–H and O–H groups in total. The lowest BCUT2D eigenvalue weighted by atomic mass is 9.99. The molecule has 0 bridgehead atoms. The van der Waals surface area contributed by atoms with Crippen molar-refractivity contribution in [2.45, 2.75) is 51.2 Å². The van der Waals surface area contributed by atoms with Gasteiger partial charge in [-0.3, -0.25) is 9.36 Å². The van der Waals surface area contributed by atoms with Gasteiger partial charge in [-0.05, 0) is 12.3 Å². The van der Waals surface area contributed by atoms with Crippen LogP contribution in [-0.4, -0.2) is 31.6 Å². The fraction of sp³-hybridized carbons (Fsp3) is 0.750. The van der Waals surface area contributed by atoms with Crippen molar-refractivity contribution in [2.75, 3.05) is 5.75 Å². The number of nitrogens with one attached hydrogen (secondary N) is 1.